The molecule has 0 saturated carbocycles. The Balaban J connectivity index is 1.60. The summed E-state index contributed by atoms with van der Waals surface area (Å²) < 4.78 is 54.5. The minimum atomic E-state index is -4.57. The van der Waals surface area contributed by atoms with Crippen molar-refractivity contribution in [3.8, 4) is 11.8 Å². The molecule has 4 aromatic rings. The summed E-state index contributed by atoms with van der Waals surface area (Å²) in [5.74, 6) is 4.19. The smallest absolute Gasteiger partial charge is 0.322 e. The van der Waals surface area contributed by atoms with E-state index >= 15 is 0 Å². The summed E-state index contributed by atoms with van der Waals surface area (Å²) in [6.07, 6.45) is 0.232. The highest BCUT2D eigenvalue weighted by Gasteiger charge is 2.30. The third kappa shape index (κ3) is 4.30. The monoisotopic (exact) mass is 438 g/mol. The SMILES string of the molecule is Cn1ncc2c(C#Cc3cc(NC(=O)c4cccc(C(F)(F)F)c4)ccc3F)cncc21. The van der Waals surface area contributed by atoms with Crippen LogP contribution in [0.1, 0.15) is 27.0 Å². The number of carbonyl (C=O) groups excluding carboxylic acids is 1. The topological polar surface area (TPSA) is 59.8 Å². The van der Waals surface area contributed by atoms with Crippen molar-refractivity contribution in [1.29, 1.82) is 0 Å². The summed E-state index contributed by atoms with van der Waals surface area (Å²) in [5, 5.41) is 7.37. The highest BCUT2D eigenvalue weighted by atomic mass is 19.4. The number of hydrogen-bond donors (Lipinski definition) is 1. The van der Waals surface area contributed by atoms with E-state index in [1.807, 2.05) is 0 Å². The van der Waals surface area contributed by atoms with Crippen molar-refractivity contribution in [3.63, 3.8) is 0 Å². The zero-order chi connectivity index (χ0) is 22.9. The lowest BCUT2D eigenvalue weighted by atomic mass is 10.1. The van der Waals surface area contributed by atoms with Crippen LogP contribution in [0.25, 0.3) is 10.9 Å². The van der Waals surface area contributed by atoms with Crippen LogP contribution in [0.15, 0.2) is 61.1 Å². The lowest BCUT2D eigenvalue weighted by Crippen LogP contribution is -2.14. The van der Waals surface area contributed by atoms with Crippen LogP contribution >= 0.6 is 0 Å². The molecule has 0 unspecified atom stereocenters. The van der Waals surface area contributed by atoms with E-state index in [4.69, 9.17) is 0 Å². The van der Waals surface area contributed by atoms with Gasteiger partial charge in [0.05, 0.1) is 34.6 Å². The molecule has 0 atom stereocenters. The lowest BCUT2D eigenvalue weighted by Gasteiger charge is -2.09. The first kappa shape index (κ1) is 21.1. The molecule has 4 rings (SSSR count). The first-order valence-corrected chi connectivity index (χ1v) is 9.28. The highest BCUT2D eigenvalue weighted by molar-refractivity contribution is 6.04. The number of carbonyl (C=O) groups is 1. The van der Waals surface area contributed by atoms with Crippen molar-refractivity contribution in [1.82, 2.24) is 14.8 Å². The molecule has 0 aliphatic heterocycles. The van der Waals surface area contributed by atoms with Crippen LogP contribution in [0.3, 0.4) is 0 Å². The predicted molar refractivity (Wildman–Crippen MR) is 110 cm³/mol. The van der Waals surface area contributed by atoms with Gasteiger partial charge in [-0.1, -0.05) is 17.9 Å². The largest absolute Gasteiger partial charge is 0.416 e. The second-order valence-corrected chi connectivity index (χ2v) is 6.87. The molecule has 32 heavy (non-hydrogen) atoms. The Morgan fingerprint density at radius 1 is 1.03 bits per heavy atom. The van der Waals surface area contributed by atoms with E-state index in [9.17, 15) is 22.4 Å². The van der Waals surface area contributed by atoms with Crippen LogP contribution in [0.2, 0.25) is 0 Å². The quantitative estimate of drug-likeness (QED) is 0.362. The summed E-state index contributed by atoms with van der Waals surface area (Å²) in [6.45, 7) is 0. The number of nitrogens with zero attached hydrogens (tertiary/aromatic N) is 3. The fourth-order valence-corrected chi connectivity index (χ4v) is 3.03. The van der Waals surface area contributed by atoms with Crippen molar-refractivity contribution >= 4 is 22.5 Å². The molecule has 0 bridgehead atoms. The summed E-state index contributed by atoms with van der Waals surface area (Å²) in [7, 11) is 1.76. The minimum absolute atomic E-state index is 0.00716. The first-order chi connectivity index (χ1) is 15.2. The van der Waals surface area contributed by atoms with Crippen LogP contribution in [-0.2, 0) is 13.2 Å². The Morgan fingerprint density at radius 3 is 2.59 bits per heavy atom. The maximum atomic E-state index is 14.3. The zero-order valence-corrected chi connectivity index (χ0v) is 16.5. The number of hydrogen-bond acceptors (Lipinski definition) is 3. The molecule has 2 heterocycles. The van der Waals surface area contributed by atoms with Crippen LogP contribution in [0, 0.1) is 17.7 Å². The number of aromatic nitrogens is 3. The van der Waals surface area contributed by atoms with Gasteiger partial charge in [0.25, 0.3) is 5.91 Å². The number of benzene rings is 2. The van der Waals surface area contributed by atoms with Gasteiger partial charge in [-0.25, -0.2) is 4.39 Å². The van der Waals surface area contributed by atoms with Gasteiger partial charge in [-0.05, 0) is 36.4 Å². The van der Waals surface area contributed by atoms with E-state index in [0.29, 0.717) is 5.56 Å². The number of nitrogens with one attached hydrogen (secondary N) is 1. The molecule has 160 valence electrons. The molecule has 2 aromatic carbocycles. The molecule has 0 aliphatic carbocycles. The standard InChI is InChI=1S/C23H14F4N4O/c1-31-21-13-28-11-16(19(21)12-29-31)6-5-14-10-18(7-8-20(14)24)30-22(32)15-3-2-4-17(9-15)23(25,26)27/h2-4,7-13H,1H3,(H,30,32). The van der Waals surface area contributed by atoms with E-state index in [1.54, 1.807) is 24.1 Å². The van der Waals surface area contributed by atoms with Crippen LogP contribution < -0.4 is 5.32 Å². The van der Waals surface area contributed by atoms with E-state index in [-0.39, 0.29) is 16.8 Å². The van der Waals surface area contributed by atoms with Gasteiger partial charge in [-0.15, -0.1) is 0 Å². The Hall–Kier alpha value is -4.19. The number of halogens is 4. The number of alkyl halides is 3. The van der Waals surface area contributed by atoms with Crippen LogP contribution in [0.4, 0.5) is 23.2 Å². The maximum absolute atomic E-state index is 14.3. The summed E-state index contributed by atoms with van der Waals surface area (Å²) in [6, 6.07) is 7.76. The normalized spacial score (nSPS) is 11.2. The predicted octanol–water partition coefficient (Wildman–Crippen LogP) is 4.78. The molecule has 0 aliphatic rings. The number of amides is 1. The van der Waals surface area contributed by atoms with Crippen LogP contribution in [-0.4, -0.2) is 20.7 Å². The minimum Gasteiger partial charge on any atom is -0.322 e. The van der Waals surface area contributed by atoms with Gasteiger partial charge in [-0.2, -0.15) is 18.3 Å². The fourth-order valence-electron chi connectivity index (χ4n) is 3.03. The van der Waals surface area contributed by atoms with E-state index in [2.05, 4.69) is 27.2 Å². The molecule has 0 fully saturated rings. The second-order valence-electron chi connectivity index (χ2n) is 6.87. The lowest BCUT2D eigenvalue weighted by molar-refractivity contribution is -0.137. The van der Waals surface area contributed by atoms with Gasteiger partial charge in [0.2, 0.25) is 0 Å². The number of anilines is 1. The molecule has 9 heteroatoms. The van der Waals surface area contributed by atoms with E-state index in [0.717, 1.165) is 35.2 Å². The maximum Gasteiger partial charge on any atom is 0.416 e. The first-order valence-electron chi connectivity index (χ1n) is 9.28. The van der Waals surface area contributed by atoms with Gasteiger partial charge >= 0.3 is 6.18 Å². The fraction of sp³-hybridized carbons (Fsp3) is 0.0870. The van der Waals surface area contributed by atoms with Gasteiger partial charge in [-0.3, -0.25) is 14.5 Å². The highest BCUT2D eigenvalue weighted by Crippen LogP contribution is 2.29. The van der Waals surface area contributed by atoms with Crippen LogP contribution in [0.5, 0.6) is 0 Å². The third-order valence-corrected chi connectivity index (χ3v) is 4.68. The van der Waals surface area contributed by atoms with Gasteiger partial charge < -0.3 is 5.32 Å². The third-order valence-electron chi connectivity index (χ3n) is 4.68. The van der Waals surface area contributed by atoms with Gasteiger partial charge in [0.15, 0.2) is 0 Å². The van der Waals surface area contributed by atoms with Gasteiger partial charge in [0.1, 0.15) is 5.82 Å². The Morgan fingerprint density at radius 2 is 1.81 bits per heavy atom. The molecular formula is C23H14F4N4O. The summed E-state index contributed by atoms with van der Waals surface area (Å²) >= 11 is 0. The molecule has 1 amide bonds. The Labute approximate surface area is 179 Å². The van der Waals surface area contributed by atoms with Crippen molar-refractivity contribution < 1.29 is 22.4 Å². The van der Waals surface area contributed by atoms with Crippen molar-refractivity contribution in [2.75, 3.05) is 5.32 Å². The number of fused-ring (bicyclic) bond motifs is 1. The molecular weight excluding hydrogens is 424 g/mol. The zero-order valence-electron chi connectivity index (χ0n) is 16.5. The molecule has 1 N–H and O–H groups in total. The Bertz CT molecular complexity index is 1400. The number of pyridine rings is 1. The Kier molecular flexibility index (Phi) is 5.36. The molecule has 0 radical (unpaired) electrons. The van der Waals surface area contributed by atoms with Crippen molar-refractivity contribution in [3.05, 3.63) is 89.1 Å². The van der Waals surface area contributed by atoms with Gasteiger partial charge in [0, 0.05) is 29.9 Å². The molecule has 5 nitrogen and oxygen atoms in total. The van der Waals surface area contributed by atoms with E-state index in [1.165, 1.54) is 24.4 Å². The number of aryl methyl sites for hydroxylation is 1. The van der Waals surface area contributed by atoms with E-state index < -0.39 is 23.5 Å². The van der Waals surface area contributed by atoms with Crippen molar-refractivity contribution in [2.24, 2.45) is 7.05 Å². The molecule has 0 saturated heterocycles. The molecule has 2 aromatic heterocycles. The molecule has 0 spiro atoms. The van der Waals surface area contributed by atoms with Crippen molar-refractivity contribution in [2.45, 2.75) is 6.18 Å². The average Bonchev–Trinajstić information content (AvgIpc) is 3.15. The summed E-state index contributed by atoms with van der Waals surface area (Å²) in [5.41, 5.74) is 0.399. The second kappa shape index (κ2) is 8.15. The average molecular weight is 438 g/mol. The number of rotatable bonds is 2. The summed E-state index contributed by atoms with van der Waals surface area (Å²) in [4.78, 5) is 16.5.